The second-order valence-corrected chi connectivity index (χ2v) is 4.91. The minimum Gasteiger partial charge on any atom is -0.162 e. The molecule has 0 N–H and O–H groups in total. The number of thioether (sulfide) groups is 1. The smallest absolute Gasteiger partial charge is 0.0277 e. The van der Waals surface area contributed by atoms with Crippen LogP contribution in [0.4, 0.5) is 0 Å². The van der Waals surface area contributed by atoms with Crippen LogP contribution in [-0.2, 0) is 0 Å². The molecule has 0 aromatic rings. The van der Waals surface area contributed by atoms with Gasteiger partial charge in [-0.2, -0.15) is 11.8 Å². The predicted molar refractivity (Wildman–Crippen MR) is 56.7 cm³/mol. The van der Waals surface area contributed by atoms with Gasteiger partial charge in [-0.15, -0.1) is 11.6 Å². The van der Waals surface area contributed by atoms with E-state index in [2.05, 4.69) is 20.8 Å². The maximum atomic E-state index is 5.88. The van der Waals surface area contributed by atoms with Crippen molar-refractivity contribution in [3.05, 3.63) is 0 Å². The third kappa shape index (κ3) is 4.97. The Kier molecular flexibility index (Phi) is 6.55. The Hall–Kier alpha value is 0.640. The lowest BCUT2D eigenvalue weighted by atomic mass is 9.87. The lowest BCUT2D eigenvalue weighted by Crippen LogP contribution is -2.18. The van der Waals surface area contributed by atoms with Crippen LogP contribution in [-0.4, -0.2) is 17.4 Å². The highest BCUT2D eigenvalue weighted by atomic mass is 35.5. The summed E-state index contributed by atoms with van der Waals surface area (Å²) in [7, 11) is 0. The molecule has 0 bridgehead atoms. The van der Waals surface area contributed by atoms with E-state index in [4.69, 9.17) is 11.6 Å². The summed E-state index contributed by atoms with van der Waals surface area (Å²) in [5, 5.41) is 0. The number of hydrogen-bond donors (Lipinski definition) is 0. The third-order valence-corrected chi connectivity index (χ3v) is 3.78. The van der Waals surface area contributed by atoms with Crippen LogP contribution in [0.15, 0.2) is 0 Å². The van der Waals surface area contributed by atoms with Gasteiger partial charge in [0, 0.05) is 5.88 Å². The van der Waals surface area contributed by atoms with Crippen LogP contribution in [0, 0.1) is 5.41 Å². The highest BCUT2D eigenvalue weighted by molar-refractivity contribution is 7.99. The second-order valence-electron chi connectivity index (χ2n) is 3.24. The molecule has 0 heterocycles. The molecule has 11 heavy (non-hydrogen) atoms. The molecular weight excluding hydrogens is 176 g/mol. The third-order valence-electron chi connectivity index (χ3n) is 2.23. The molecule has 0 aromatic heterocycles. The fourth-order valence-electron chi connectivity index (χ4n) is 0.801. The second kappa shape index (κ2) is 6.19. The van der Waals surface area contributed by atoms with E-state index in [0.717, 1.165) is 5.88 Å². The van der Waals surface area contributed by atoms with Crippen molar-refractivity contribution >= 4 is 23.4 Å². The van der Waals surface area contributed by atoms with E-state index < -0.39 is 0 Å². The maximum absolute atomic E-state index is 5.88. The van der Waals surface area contributed by atoms with Gasteiger partial charge in [0.05, 0.1) is 0 Å². The van der Waals surface area contributed by atoms with Gasteiger partial charge in [0.1, 0.15) is 0 Å². The summed E-state index contributed by atoms with van der Waals surface area (Å²) in [4.78, 5) is 0. The first kappa shape index (κ1) is 11.6. The first-order chi connectivity index (χ1) is 5.18. The summed E-state index contributed by atoms with van der Waals surface area (Å²) in [5.74, 6) is 3.28. The van der Waals surface area contributed by atoms with Gasteiger partial charge < -0.3 is 0 Å². The summed E-state index contributed by atoms with van der Waals surface area (Å²) >= 11 is 7.89. The number of halogens is 1. The average Bonchev–Trinajstić information content (AvgIpc) is 2.05. The monoisotopic (exact) mass is 194 g/mol. The summed E-state index contributed by atoms with van der Waals surface area (Å²) < 4.78 is 0. The number of hydrogen-bond acceptors (Lipinski definition) is 1. The van der Waals surface area contributed by atoms with Crippen LogP contribution < -0.4 is 0 Å². The maximum Gasteiger partial charge on any atom is 0.0277 e. The normalized spacial score (nSPS) is 16.4. The molecule has 0 amide bonds. The van der Waals surface area contributed by atoms with Crippen LogP contribution in [0.2, 0.25) is 0 Å². The molecule has 0 aliphatic carbocycles. The van der Waals surface area contributed by atoms with Crippen molar-refractivity contribution in [1.29, 1.82) is 0 Å². The van der Waals surface area contributed by atoms with Crippen LogP contribution in [0.1, 0.15) is 33.6 Å². The Morgan fingerprint density at radius 1 is 1.36 bits per heavy atom. The van der Waals surface area contributed by atoms with Gasteiger partial charge >= 0.3 is 0 Å². The standard InChI is InChI=1S/C9H19ClS/c1-4-9(3,8-10)6-7-11-5-2/h4-8H2,1-3H3. The zero-order chi connectivity index (χ0) is 8.74. The molecule has 0 aliphatic rings. The van der Waals surface area contributed by atoms with E-state index in [1.165, 1.54) is 24.3 Å². The topological polar surface area (TPSA) is 0 Å². The van der Waals surface area contributed by atoms with Gasteiger partial charge in [-0.1, -0.05) is 20.8 Å². The average molecular weight is 195 g/mol. The van der Waals surface area contributed by atoms with E-state index in [1.807, 2.05) is 11.8 Å². The number of rotatable bonds is 6. The molecule has 2 heteroatoms. The van der Waals surface area contributed by atoms with Crippen LogP contribution in [0.3, 0.4) is 0 Å². The van der Waals surface area contributed by atoms with Crippen molar-refractivity contribution in [1.82, 2.24) is 0 Å². The first-order valence-electron chi connectivity index (χ1n) is 4.32. The Balaban J connectivity index is 3.51. The zero-order valence-corrected chi connectivity index (χ0v) is 9.39. The largest absolute Gasteiger partial charge is 0.162 e. The van der Waals surface area contributed by atoms with E-state index >= 15 is 0 Å². The zero-order valence-electron chi connectivity index (χ0n) is 7.82. The van der Waals surface area contributed by atoms with E-state index in [9.17, 15) is 0 Å². The van der Waals surface area contributed by atoms with Crippen molar-refractivity contribution in [2.75, 3.05) is 17.4 Å². The Morgan fingerprint density at radius 2 is 2.00 bits per heavy atom. The van der Waals surface area contributed by atoms with Crippen molar-refractivity contribution in [3.8, 4) is 0 Å². The number of alkyl halides is 1. The molecule has 1 unspecified atom stereocenters. The van der Waals surface area contributed by atoms with Gasteiger partial charge in [0.2, 0.25) is 0 Å². The van der Waals surface area contributed by atoms with Gasteiger partial charge in [-0.3, -0.25) is 0 Å². The van der Waals surface area contributed by atoms with Gasteiger partial charge in [-0.05, 0) is 29.8 Å². The molecule has 0 nitrogen and oxygen atoms in total. The Bertz CT molecular complexity index is 89.6. The minimum atomic E-state index is 0.379. The molecule has 0 saturated carbocycles. The molecule has 0 aliphatic heterocycles. The molecule has 0 radical (unpaired) electrons. The minimum absolute atomic E-state index is 0.379. The highest BCUT2D eigenvalue weighted by Gasteiger charge is 2.19. The van der Waals surface area contributed by atoms with Gasteiger partial charge in [0.15, 0.2) is 0 Å². The molecule has 0 spiro atoms. The molecule has 0 aromatic carbocycles. The Morgan fingerprint density at radius 3 is 2.36 bits per heavy atom. The van der Waals surface area contributed by atoms with Crippen molar-refractivity contribution in [2.24, 2.45) is 5.41 Å². The molecule has 0 saturated heterocycles. The molecular formula is C9H19ClS. The summed E-state index contributed by atoms with van der Waals surface area (Å²) in [6, 6.07) is 0. The lowest BCUT2D eigenvalue weighted by molar-refractivity contribution is 0.347. The van der Waals surface area contributed by atoms with Crippen molar-refractivity contribution in [2.45, 2.75) is 33.6 Å². The summed E-state index contributed by atoms with van der Waals surface area (Å²) in [6.07, 6.45) is 2.45. The fourth-order valence-corrected chi connectivity index (χ4v) is 2.05. The molecule has 68 valence electrons. The van der Waals surface area contributed by atoms with Crippen LogP contribution in [0.5, 0.6) is 0 Å². The first-order valence-corrected chi connectivity index (χ1v) is 6.01. The van der Waals surface area contributed by atoms with E-state index in [0.29, 0.717) is 5.41 Å². The predicted octanol–water partition coefficient (Wildman–Crippen LogP) is 3.78. The van der Waals surface area contributed by atoms with Gasteiger partial charge in [-0.25, -0.2) is 0 Å². The van der Waals surface area contributed by atoms with Crippen molar-refractivity contribution < 1.29 is 0 Å². The summed E-state index contributed by atoms with van der Waals surface area (Å²) in [5.41, 5.74) is 0.379. The van der Waals surface area contributed by atoms with Gasteiger partial charge in [0.25, 0.3) is 0 Å². The SMILES string of the molecule is CCSCCC(C)(CC)CCl. The summed E-state index contributed by atoms with van der Waals surface area (Å²) in [6.45, 7) is 6.70. The van der Waals surface area contributed by atoms with Crippen LogP contribution in [0.25, 0.3) is 0 Å². The van der Waals surface area contributed by atoms with Crippen LogP contribution >= 0.6 is 23.4 Å². The molecule has 1 atom stereocenters. The van der Waals surface area contributed by atoms with E-state index in [-0.39, 0.29) is 0 Å². The van der Waals surface area contributed by atoms with Crippen molar-refractivity contribution in [3.63, 3.8) is 0 Å². The highest BCUT2D eigenvalue weighted by Crippen LogP contribution is 2.28. The molecule has 0 fully saturated rings. The quantitative estimate of drug-likeness (QED) is 0.458. The van der Waals surface area contributed by atoms with E-state index in [1.54, 1.807) is 0 Å². The fraction of sp³-hybridized carbons (Fsp3) is 1.00. The lowest BCUT2D eigenvalue weighted by Gasteiger charge is -2.24. The molecule has 0 rings (SSSR count). The Labute approximate surface area is 80.1 Å².